The summed E-state index contributed by atoms with van der Waals surface area (Å²) in [5.41, 5.74) is 2.46. The van der Waals surface area contributed by atoms with E-state index in [1.165, 1.54) is 11.3 Å². The quantitative estimate of drug-likeness (QED) is 0.636. The SMILES string of the molecule is Clc1ccc(Cl)c(CSc2nncs2)n1. The van der Waals surface area contributed by atoms with Gasteiger partial charge < -0.3 is 0 Å². The molecular formula is C8H5Cl2N3S2. The van der Waals surface area contributed by atoms with E-state index in [-0.39, 0.29) is 0 Å². The van der Waals surface area contributed by atoms with Gasteiger partial charge in [-0.2, -0.15) is 0 Å². The first-order chi connectivity index (χ1) is 7.25. The van der Waals surface area contributed by atoms with Gasteiger partial charge in [-0.25, -0.2) is 4.98 Å². The highest BCUT2D eigenvalue weighted by atomic mass is 35.5. The molecule has 0 spiro atoms. The third-order valence-corrected chi connectivity index (χ3v) is 3.98. The molecule has 2 aromatic rings. The lowest BCUT2D eigenvalue weighted by Gasteiger charge is -2.01. The second-order valence-corrected chi connectivity index (χ2v) is 5.41. The topological polar surface area (TPSA) is 38.7 Å². The van der Waals surface area contributed by atoms with Crippen LogP contribution in [0.15, 0.2) is 22.0 Å². The minimum Gasteiger partial charge on any atom is -0.239 e. The summed E-state index contributed by atoms with van der Waals surface area (Å²) in [6, 6.07) is 3.41. The fourth-order valence-corrected chi connectivity index (χ4v) is 2.77. The van der Waals surface area contributed by atoms with Crippen LogP contribution in [0.3, 0.4) is 0 Å². The van der Waals surface area contributed by atoms with E-state index in [0.717, 1.165) is 10.0 Å². The zero-order valence-corrected chi connectivity index (χ0v) is 10.5. The van der Waals surface area contributed by atoms with Crippen LogP contribution in [0.1, 0.15) is 5.69 Å². The molecule has 0 radical (unpaired) electrons. The summed E-state index contributed by atoms with van der Waals surface area (Å²) >= 11 is 14.8. The number of hydrogen-bond donors (Lipinski definition) is 0. The molecule has 0 aliphatic rings. The Bertz CT molecular complexity index is 447. The van der Waals surface area contributed by atoms with Gasteiger partial charge in [-0.1, -0.05) is 46.3 Å². The van der Waals surface area contributed by atoms with Gasteiger partial charge in [0.2, 0.25) is 0 Å². The smallest absolute Gasteiger partial charge is 0.174 e. The third-order valence-electron chi connectivity index (χ3n) is 1.56. The predicted molar refractivity (Wildman–Crippen MR) is 63.7 cm³/mol. The maximum atomic E-state index is 5.97. The summed E-state index contributed by atoms with van der Waals surface area (Å²) in [6.45, 7) is 0. The largest absolute Gasteiger partial charge is 0.239 e. The number of pyridine rings is 1. The molecule has 0 saturated carbocycles. The number of rotatable bonds is 3. The van der Waals surface area contributed by atoms with E-state index in [1.54, 1.807) is 29.4 Å². The molecule has 0 fully saturated rings. The van der Waals surface area contributed by atoms with Crippen molar-refractivity contribution in [1.29, 1.82) is 0 Å². The van der Waals surface area contributed by atoms with Crippen LogP contribution in [-0.2, 0) is 5.75 Å². The van der Waals surface area contributed by atoms with E-state index >= 15 is 0 Å². The van der Waals surface area contributed by atoms with Crippen molar-refractivity contribution in [2.45, 2.75) is 10.1 Å². The fraction of sp³-hybridized carbons (Fsp3) is 0.125. The molecule has 2 rings (SSSR count). The highest BCUT2D eigenvalue weighted by Crippen LogP contribution is 2.26. The van der Waals surface area contributed by atoms with Gasteiger partial charge in [0.05, 0.1) is 10.7 Å². The van der Waals surface area contributed by atoms with Gasteiger partial charge in [0.1, 0.15) is 10.7 Å². The lowest BCUT2D eigenvalue weighted by atomic mass is 10.4. The Kier molecular flexibility index (Phi) is 3.80. The van der Waals surface area contributed by atoms with Crippen LogP contribution in [0.4, 0.5) is 0 Å². The summed E-state index contributed by atoms with van der Waals surface area (Å²) in [7, 11) is 0. The van der Waals surface area contributed by atoms with E-state index < -0.39 is 0 Å². The molecule has 0 atom stereocenters. The molecule has 0 bridgehead atoms. The zero-order valence-electron chi connectivity index (χ0n) is 7.35. The molecule has 0 saturated heterocycles. The molecule has 2 heterocycles. The Labute approximate surface area is 105 Å². The van der Waals surface area contributed by atoms with E-state index in [1.807, 2.05) is 0 Å². The molecule has 0 aliphatic heterocycles. The third kappa shape index (κ3) is 3.04. The maximum Gasteiger partial charge on any atom is 0.174 e. The molecule has 2 aromatic heterocycles. The minimum absolute atomic E-state index is 0.451. The summed E-state index contributed by atoms with van der Waals surface area (Å²) in [6.07, 6.45) is 0. The summed E-state index contributed by atoms with van der Waals surface area (Å²) in [5, 5.41) is 8.73. The summed E-state index contributed by atoms with van der Waals surface area (Å²) < 4.78 is 0.896. The van der Waals surface area contributed by atoms with Gasteiger partial charge in [0.15, 0.2) is 4.34 Å². The van der Waals surface area contributed by atoms with Crippen LogP contribution in [0.5, 0.6) is 0 Å². The average molecular weight is 278 g/mol. The van der Waals surface area contributed by atoms with Crippen molar-refractivity contribution in [3.8, 4) is 0 Å². The van der Waals surface area contributed by atoms with Crippen LogP contribution in [0, 0.1) is 0 Å². The minimum atomic E-state index is 0.451. The van der Waals surface area contributed by atoms with Gasteiger partial charge in [0, 0.05) is 5.75 Å². The molecule has 0 aliphatic carbocycles. The Morgan fingerprint density at radius 1 is 1.33 bits per heavy atom. The first-order valence-electron chi connectivity index (χ1n) is 3.95. The number of hydrogen-bond acceptors (Lipinski definition) is 5. The Morgan fingerprint density at radius 2 is 2.20 bits per heavy atom. The van der Waals surface area contributed by atoms with Crippen LogP contribution < -0.4 is 0 Å². The van der Waals surface area contributed by atoms with Gasteiger partial charge in [0.25, 0.3) is 0 Å². The highest BCUT2D eigenvalue weighted by molar-refractivity contribution is 8.00. The Balaban J connectivity index is 2.07. The number of nitrogens with zero attached hydrogens (tertiary/aromatic N) is 3. The van der Waals surface area contributed by atoms with Crippen molar-refractivity contribution >= 4 is 46.3 Å². The van der Waals surface area contributed by atoms with E-state index in [2.05, 4.69) is 15.2 Å². The van der Waals surface area contributed by atoms with Crippen LogP contribution >= 0.6 is 46.3 Å². The summed E-state index contributed by atoms with van der Waals surface area (Å²) in [5.74, 6) is 0.647. The lowest BCUT2D eigenvalue weighted by molar-refractivity contribution is 1.01. The first-order valence-corrected chi connectivity index (χ1v) is 6.58. The lowest BCUT2D eigenvalue weighted by Crippen LogP contribution is -1.88. The van der Waals surface area contributed by atoms with Crippen LogP contribution in [0.25, 0.3) is 0 Å². The van der Waals surface area contributed by atoms with Gasteiger partial charge in [-0.3, -0.25) is 0 Å². The Hall–Kier alpha value is -0.360. The highest BCUT2D eigenvalue weighted by Gasteiger charge is 2.05. The Morgan fingerprint density at radius 3 is 2.93 bits per heavy atom. The first kappa shape index (κ1) is 11.1. The molecule has 0 N–H and O–H groups in total. The second kappa shape index (κ2) is 5.12. The molecule has 15 heavy (non-hydrogen) atoms. The standard InChI is InChI=1S/C8H5Cl2N3S2/c9-5-1-2-7(10)12-6(5)3-14-8-13-11-4-15-8/h1-2,4H,3H2. The molecule has 78 valence electrons. The fourth-order valence-electron chi connectivity index (χ4n) is 0.915. The number of halogens is 2. The van der Waals surface area contributed by atoms with Crippen molar-refractivity contribution in [2.24, 2.45) is 0 Å². The monoisotopic (exact) mass is 277 g/mol. The van der Waals surface area contributed by atoms with Crippen molar-refractivity contribution in [1.82, 2.24) is 15.2 Å². The molecule has 3 nitrogen and oxygen atoms in total. The van der Waals surface area contributed by atoms with Gasteiger partial charge in [-0.15, -0.1) is 10.2 Å². The predicted octanol–water partition coefficient (Wildman–Crippen LogP) is 3.53. The molecule has 0 aromatic carbocycles. The van der Waals surface area contributed by atoms with Crippen LogP contribution in [0.2, 0.25) is 10.2 Å². The normalized spacial score (nSPS) is 10.5. The summed E-state index contributed by atoms with van der Waals surface area (Å²) in [4.78, 5) is 4.14. The van der Waals surface area contributed by atoms with Crippen molar-refractivity contribution in [3.63, 3.8) is 0 Å². The average Bonchev–Trinajstić information content (AvgIpc) is 2.72. The van der Waals surface area contributed by atoms with E-state index in [9.17, 15) is 0 Å². The van der Waals surface area contributed by atoms with Gasteiger partial charge in [-0.05, 0) is 12.1 Å². The van der Waals surface area contributed by atoms with Crippen molar-refractivity contribution in [3.05, 3.63) is 33.5 Å². The molecule has 0 amide bonds. The van der Waals surface area contributed by atoms with Crippen LogP contribution in [-0.4, -0.2) is 15.2 Å². The molecular weight excluding hydrogens is 273 g/mol. The van der Waals surface area contributed by atoms with E-state index in [0.29, 0.717) is 15.9 Å². The number of aromatic nitrogens is 3. The van der Waals surface area contributed by atoms with Gasteiger partial charge >= 0.3 is 0 Å². The number of thioether (sulfide) groups is 1. The van der Waals surface area contributed by atoms with Crippen molar-refractivity contribution in [2.75, 3.05) is 0 Å². The molecule has 7 heteroatoms. The zero-order chi connectivity index (χ0) is 10.7. The second-order valence-electron chi connectivity index (χ2n) is 2.56. The van der Waals surface area contributed by atoms with Crippen molar-refractivity contribution < 1.29 is 0 Å². The van der Waals surface area contributed by atoms with E-state index in [4.69, 9.17) is 23.2 Å². The molecule has 0 unspecified atom stereocenters. The maximum absolute atomic E-state index is 5.97.